The number of hydrogen-bond donors (Lipinski definition) is 2. The van der Waals surface area contributed by atoms with E-state index in [4.69, 9.17) is 14.2 Å². The maximum atomic E-state index is 12.2. The number of nitrogens with one attached hydrogen (secondary N) is 1. The van der Waals surface area contributed by atoms with Crippen molar-refractivity contribution in [3.63, 3.8) is 0 Å². The van der Waals surface area contributed by atoms with Gasteiger partial charge in [0, 0.05) is 12.0 Å². The van der Waals surface area contributed by atoms with Gasteiger partial charge in [0.15, 0.2) is 5.78 Å². The van der Waals surface area contributed by atoms with Crippen LogP contribution in [-0.4, -0.2) is 47.2 Å². The zero-order valence-electron chi connectivity index (χ0n) is 21.0. The highest BCUT2D eigenvalue weighted by Gasteiger charge is 2.24. The molecular formula is C27H33NO8. The summed E-state index contributed by atoms with van der Waals surface area (Å²) >= 11 is 0. The molecule has 0 aliphatic carbocycles. The molecule has 0 bridgehead atoms. The first-order valence-electron chi connectivity index (χ1n) is 11.7. The Kier molecular flexibility index (Phi) is 10.5. The average molecular weight is 500 g/mol. The molecule has 2 N–H and O–H groups in total. The van der Waals surface area contributed by atoms with Gasteiger partial charge < -0.3 is 24.6 Å². The number of rotatable bonds is 12. The molecule has 1 atom stereocenters. The zero-order valence-corrected chi connectivity index (χ0v) is 21.0. The Labute approximate surface area is 210 Å². The monoisotopic (exact) mass is 499 g/mol. The van der Waals surface area contributed by atoms with Crippen molar-refractivity contribution < 1.29 is 38.5 Å². The van der Waals surface area contributed by atoms with Gasteiger partial charge in [0.1, 0.15) is 29.6 Å². The normalized spacial score (nSPS) is 11.8. The fraction of sp³-hybridized carbons (Fsp3) is 0.407. The van der Waals surface area contributed by atoms with Crippen molar-refractivity contribution in [2.75, 3.05) is 6.61 Å². The molecule has 0 aliphatic rings. The number of aliphatic carboxylic acids is 1. The summed E-state index contributed by atoms with van der Waals surface area (Å²) < 4.78 is 15.9. The largest absolute Gasteiger partial charge is 0.480 e. The molecule has 0 aromatic heterocycles. The quantitative estimate of drug-likeness (QED) is 0.182. The summed E-state index contributed by atoms with van der Waals surface area (Å²) in [6, 6.07) is 12.0. The predicted octanol–water partition coefficient (Wildman–Crippen LogP) is 4.92. The third-order valence-corrected chi connectivity index (χ3v) is 4.83. The van der Waals surface area contributed by atoms with Gasteiger partial charge in [-0.1, -0.05) is 25.5 Å². The molecular weight excluding hydrogens is 466 g/mol. The molecule has 194 valence electrons. The summed E-state index contributed by atoms with van der Waals surface area (Å²) in [5.74, 6) is -1.06. The number of unbranched alkanes of at least 4 members (excludes halogenated alkanes) is 1. The number of carbonyl (C=O) groups excluding carboxylic acids is 3. The van der Waals surface area contributed by atoms with E-state index < -0.39 is 29.7 Å². The summed E-state index contributed by atoms with van der Waals surface area (Å²) in [7, 11) is 0. The Morgan fingerprint density at radius 2 is 1.53 bits per heavy atom. The summed E-state index contributed by atoms with van der Waals surface area (Å²) in [6.45, 7) is 7.37. The lowest BCUT2D eigenvalue weighted by molar-refractivity contribution is -0.142. The second-order valence-corrected chi connectivity index (χ2v) is 9.19. The third kappa shape index (κ3) is 10.2. The van der Waals surface area contributed by atoms with Gasteiger partial charge in [0.05, 0.1) is 6.61 Å². The van der Waals surface area contributed by atoms with Gasteiger partial charge in [-0.2, -0.15) is 0 Å². The van der Waals surface area contributed by atoms with Crippen molar-refractivity contribution in [3.8, 4) is 11.5 Å². The lowest BCUT2D eigenvalue weighted by atomic mass is 10.1. The summed E-state index contributed by atoms with van der Waals surface area (Å²) in [4.78, 5) is 47.5. The molecule has 9 heteroatoms. The van der Waals surface area contributed by atoms with Crippen LogP contribution in [0.4, 0.5) is 4.79 Å². The second-order valence-electron chi connectivity index (χ2n) is 9.19. The van der Waals surface area contributed by atoms with Crippen LogP contribution >= 0.6 is 0 Å². The number of hydrogen-bond acceptors (Lipinski definition) is 7. The molecule has 0 aliphatic heterocycles. The van der Waals surface area contributed by atoms with Crippen LogP contribution in [0.3, 0.4) is 0 Å². The molecule has 1 unspecified atom stereocenters. The van der Waals surface area contributed by atoms with Crippen LogP contribution < -0.4 is 10.1 Å². The Morgan fingerprint density at radius 1 is 0.944 bits per heavy atom. The predicted molar refractivity (Wildman–Crippen MR) is 132 cm³/mol. The van der Waals surface area contributed by atoms with Crippen molar-refractivity contribution in [1.82, 2.24) is 5.32 Å². The van der Waals surface area contributed by atoms with E-state index in [1.807, 2.05) is 6.92 Å². The van der Waals surface area contributed by atoms with Crippen molar-refractivity contribution >= 4 is 23.8 Å². The number of ether oxygens (including phenoxy) is 3. The van der Waals surface area contributed by atoms with E-state index in [2.05, 4.69) is 5.32 Å². The van der Waals surface area contributed by atoms with E-state index in [1.165, 1.54) is 0 Å². The fourth-order valence-corrected chi connectivity index (χ4v) is 3.04. The van der Waals surface area contributed by atoms with Crippen molar-refractivity contribution in [2.45, 2.75) is 65.0 Å². The van der Waals surface area contributed by atoms with Crippen LogP contribution in [0.15, 0.2) is 48.5 Å². The highest BCUT2D eigenvalue weighted by Crippen LogP contribution is 2.23. The van der Waals surface area contributed by atoms with Crippen LogP contribution in [-0.2, 0) is 25.5 Å². The van der Waals surface area contributed by atoms with E-state index in [0.717, 1.165) is 12.8 Å². The minimum Gasteiger partial charge on any atom is -0.480 e. The van der Waals surface area contributed by atoms with Crippen molar-refractivity contribution in [1.29, 1.82) is 0 Å². The van der Waals surface area contributed by atoms with Crippen molar-refractivity contribution in [3.05, 3.63) is 59.7 Å². The SMILES string of the molecule is CCCCOC(=O)CC(=O)c1ccc(Oc2ccc(CC(NC(=O)OC(C)(C)C)C(=O)O)cc2)cc1. The minimum atomic E-state index is -1.18. The smallest absolute Gasteiger partial charge is 0.408 e. The van der Waals surface area contributed by atoms with Gasteiger partial charge in [-0.3, -0.25) is 9.59 Å². The van der Waals surface area contributed by atoms with E-state index in [1.54, 1.807) is 69.3 Å². The van der Waals surface area contributed by atoms with Crippen LogP contribution in [0, 0.1) is 0 Å². The Bertz CT molecular complexity index is 1040. The van der Waals surface area contributed by atoms with Crippen LogP contribution in [0.5, 0.6) is 11.5 Å². The Hall–Kier alpha value is -3.88. The lowest BCUT2D eigenvalue weighted by Crippen LogP contribution is -2.44. The van der Waals surface area contributed by atoms with Crippen LogP contribution in [0.25, 0.3) is 0 Å². The number of alkyl carbamates (subject to hydrolysis) is 1. The standard InChI is InChI=1S/C27H33NO8/c1-5-6-15-34-24(30)17-23(29)19-9-13-21(14-10-19)35-20-11-7-18(8-12-20)16-22(25(31)32)28-26(33)36-27(2,3)4/h7-14,22H,5-6,15-17H2,1-4H3,(H,28,33)(H,31,32). The Balaban J connectivity index is 1.92. The van der Waals surface area contributed by atoms with Crippen LogP contribution in [0.2, 0.25) is 0 Å². The first kappa shape index (κ1) is 28.4. The maximum absolute atomic E-state index is 12.2. The topological polar surface area (TPSA) is 128 Å². The van der Waals surface area contributed by atoms with Gasteiger partial charge in [0.2, 0.25) is 0 Å². The molecule has 36 heavy (non-hydrogen) atoms. The third-order valence-electron chi connectivity index (χ3n) is 4.83. The number of carbonyl (C=O) groups is 4. The van der Waals surface area contributed by atoms with E-state index in [-0.39, 0.29) is 18.6 Å². The van der Waals surface area contributed by atoms with E-state index in [9.17, 15) is 24.3 Å². The first-order chi connectivity index (χ1) is 17.0. The minimum absolute atomic E-state index is 0.0620. The highest BCUT2D eigenvalue weighted by molar-refractivity contribution is 6.06. The second kappa shape index (κ2) is 13.3. The summed E-state index contributed by atoms with van der Waals surface area (Å²) in [5, 5.41) is 11.8. The van der Waals surface area contributed by atoms with Crippen molar-refractivity contribution in [2.24, 2.45) is 0 Å². The number of Topliss-reactive ketones (excluding diaryl/α,β-unsaturated/α-hetero) is 1. The molecule has 0 spiro atoms. The molecule has 0 radical (unpaired) electrons. The molecule has 2 aromatic carbocycles. The number of carboxylic acids is 1. The Morgan fingerprint density at radius 3 is 2.06 bits per heavy atom. The highest BCUT2D eigenvalue weighted by atomic mass is 16.6. The number of ketones is 1. The lowest BCUT2D eigenvalue weighted by Gasteiger charge is -2.22. The molecule has 1 amide bonds. The average Bonchev–Trinajstić information content (AvgIpc) is 2.79. The van der Waals surface area contributed by atoms with E-state index in [0.29, 0.717) is 29.2 Å². The fourth-order valence-electron chi connectivity index (χ4n) is 3.04. The molecule has 0 saturated heterocycles. The van der Waals surface area contributed by atoms with Gasteiger partial charge >= 0.3 is 18.0 Å². The van der Waals surface area contributed by atoms with Gasteiger partial charge in [-0.25, -0.2) is 9.59 Å². The number of esters is 1. The first-order valence-corrected chi connectivity index (χ1v) is 11.7. The van der Waals surface area contributed by atoms with Crippen LogP contribution in [0.1, 0.15) is 62.9 Å². The molecule has 0 heterocycles. The van der Waals surface area contributed by atoms with Gasteiger partial charge in [-0.15, -0.1) is 0 Å². The molecule has 2 aromatic rings. The van der Waals surface area contributed by atoms with Gasteiger partial charge in [0.25, 0.3) is 0 Å². The zero-order chi connectivity index (χ0) is 26.7. The molecule has 0 saturated carbocycles. The number of carboxylic acid groups (broad SMARTS) is 1. The molecule has 2 rings (SSSR count). The summed E-state index contributed by atoms with van der Waals surface area (Å²) in [6.07, 6.45) is 0.610. The number of amides is 1. The van der Waals surface area contributed by atoms with E-state index >= 15 is 0 Å². The molecule has 9 nitrogen and oxygen atoms in total. The number of benzene rings is 2. The molecule has 0 fully saturated rings. The maximum Gasteiger partial charge on any atom is 0.408 e. The summed E-state index contributed by atoms with van der Waals surface area (Å²) in [5.41, 5.74) is 0.317. The van der Waals surface area contributed by atoms with Gasteiger partial charge in [-0.05, 0) is 69.2 Å².